The maximum atomic E-state index is 13.6. The summed E-state index contributed by atoms with van der Waals surface area (Å²) in [6.07, 6.45) is 0.780. The summed E-state index contributed by atoms with van der Waals surface area (Å²) in [6.45, 7) is 3.65. The minimum Gasteiger partial charge on any atom is -0.289 e. The second kappa shape index (κ2) is 10.2. The molecule has 0 spiro atoms. The Hall–Kier alpha value is -1.79. The molecule has 1 fully saturated rings. The molecule has 33 heavy (non-hydrogen) atoms. The Morgan fingerprint density at radius 1 is 1.15 bits per heavy atom. The molecule has 2 heterocycles. The third kappa shape index (κ3) is 5.32. The van der Waals surface area contributed by atoms with Crippen molar-refractivity contribution in [3.8, 4) is 10.4 Å². The zero-order chi connectivity index (χ0) is 24.3. The fourth-order valence-electron chi connectivity index (χ4n) is 4.16. The zero-order valence-corrected chi connectivity index (χ0v) is 21.2. The van der Waals surface area contributed by atoms with Gasteiger partial charge in [0.25, 0.3) is 0 Å². The van der Waals surface area contributed by atoms with E-state index < -0.39 is 42.7 Å². The predicted molar refractivity (Wildman–Crippen MR) is 129 cm³/mol. The summed E-state index contributed by atoms with van der Waals surface area (Å²) in [7, 11) is -7.53. The van der Waals surface area contributed by atoms with Gasteiger partial charge in [-0.05, 0) is 42.5 Å². The molecule has 1 aromatic carbocycles. The van der Waals surface area contributed by atoms with E-state index in [2.05, 4.69) is 6.92 Å². The molecule has 3 rings (SSSR count). The van der Waals surface area contributed by atoms with Crippen LogP contribution in [0.2, 0.25) is 0 Å². The molecule has 11 heteroatoms. The third-order valence-corrected chi connectivity index (χ3v) is 12.1. The minimum absolute atomic E-state index is 0.0152. The molecule has 1 amide bonds. The average molecular weight is 515 g/mol. The maximum absolute atomic E-state index is 13.6. The van der Waals surface area contributed by atoms with Crippen molar-refractivity contribution in [1.82, 2.24) is 9.79 Å². The largest absolute Gasteiger partial charge is 0.289 e. The second-order valence-electron chi connectivity index (χ2n) is 8.20. The van der Waals surface area contributed by atoms with Gasteiger partial charge in [-0.1, -0.05) is 38.1 Å². The van der Waals surface area contributed by atoms with E-state index in [1.165, 1.54) is 21.2 Å². The Morgan fingerprint density at radius 2 is 1.85 bits per heavy atom. The van der Waals surface area contributed by atoms with Crippen molar-refractivity contribution in [2.75, 3.05) is 24.6 Å². The first-order valence-electron chi connectivity index (χ1n) is 10.9. The van der Waals surface area contributed by atoms with Gasteiger partial charge < -0.3 is 0 Å². The van der Waals surface area contributed by atoms with Gasteiger partial charge in [0.05, 0.1) is 17.9 Å². The molecule has 182 valence electrons. The summed E-state index contributed by atoms with van der Waals surface area (Å²) >= 11 is 1.28. The summed E-state index contributed by atoms with van der Waals surface area (Å²) in [5.41, 5.74) is 3.67. The number of hydroxylamine groups is 1. The Bertz CT molecular complexity index is 1190. The smallest absolute Gasteiger partial charge is 0.245 e. The summed E-state index contributed by atoms with van der Waals surface area (Å²) in [6, 6.07) is 11.5. The number of amides is 1. The Kier molecular flexibility index (Phi) is 8.00. The van der Waals surface area contributed by atoms with Gasteiger partial charge in [-0.25, -0.2) is 26.6 Å². The van der Waals surface area contributed by atoms with Crippen molar-refractivity contribution in [3.05, 3.63) is 46.8 Å². The first-order chi connectivity index (χ1) is 15.6. The average Bonchev–Trinajstić information content (AvgIpc) is 3.23. The molecule has 0 radical (unpaired) electrons. The number of nitrogens with zero attached hydrogens (tertiary/aromatic N) is 1. The van der Waals surface area contributed by atoms with E-state index >= 15 is 0 Å². The highest BCUT2D eigenvalue weighted by molar-refractivity contribution is 7.92. The first-order valence-corrected chi connectivity index (χ1v) is 15.0. The molecule has 0 saturated carbocycles. The molecule has 1 saturated heterocycles. The van der Waals surface area contributed by atoms with E-state index in [0.717, 1.165) is 16.9 Å². The Morgan fingerprint density at radius 3 is 2.45 bits per heavy atom. The number of hydrogen-bond acceptors (Lipinski definition) is 7. The van der Waals surface area contributed by atoms with Gasteiger partial charge in [-0.2, -0.15) is 0 Å². The molecule has 0 bridgehead atoms. The number of carbonyl (C=O) groups is 1. The summed E-state index contributed by atoms with van der Waals surface area (Å²) in [5, 5.41) is 9.15. The monoisotopic (exact) mass is 514 g/mol. The van der Waals surface area contributed by atoms with Crippen molar-refractivity contribution in [1.29, 1.82) is 0 Å². The highest BCUT2D eigenvalue weighted by Gasteiger charge is 2.50. The molecular formula is C22H30N2O6S3. The van der Waals surface area contributed by atoms with Crippen LogP contribution in [0.15, 0.2) is 36.4 Å². The number of thiophene rings is 1. The number of sulfone groups is 1. The van der Waals surface area contributed by atoms with Crippen LogP contribution in [-0.2, 0) is 35.8 Å². The van der Waals surface area contributed by atoms with Crippen molar-refractivity contribution >= 4 is 37.1 Å². The molecule has 8 nitrogen and oxygen atoms in total. The molecule has 1 aliphatic heterocycles. The van der Waals surface area contributed by atoms with Crippen LogP contribution < -0.4 is 5.48 Å². The van der Waals surface area contributed by atoms with Crippen LogP contribution in [0.25, 0.3) is 10.4 Å². The molecule has 1 aromatic heterocycles. The fraction of sp³-hybridized carbons (Fsp3) is 0.500. The van der Waals surface area contributed by atoms with Crippen LogP contribution in [0.4, 0.5) is 0 Å². The quantitative estimate of drug-likeness (QED) is 0.413. The molecule has 2 N–H and O–H groups in total. The predicted octanol–water partition coefficient (Wildman–Crippen LogP) is 2.93. The summed E-state index contributed by atoms with van der Waals surface area (Å²) < 4.78 is 52.0. The lowest BCUT2D eigenvalue weighted by atomic mass is 9.97. The number of hydrogen-bond donors (Lipinski definition) is 2. The normalized spacial score (nSPS) is 21.4. The van der Waals surface area contributed by atoms with Gasteiger partial charge in [-0.3, -0.25) is 10.0 Å². The van der Waals surface area contributed by atoms with Gasteiger partial charge in [0, 0.05) is 22.8 Å². The van der Waals surface area contributed by atoms with Gasteiger partial charge in [0.1, 0.15) is 4.75 Å². The van der Waals surface area contributed by atoms with Gasteiger partial charge in [0.2, 0.25) is 15.9 Å². The van der Waals surface area contributed by atoms with Crippen LogP contribution in [-0.4, -0.2) is 56.9 Å². The van der Waals surface area contributed by atoms with E-state index in [9.17, 15) is 21.6 Å². The molecule has 1 unspecified atom stereocenters. The minimum atomic E-state index is -3.94. The van der Waals surface area contributed by atoms with E-state index in [1.54, 1.807) is 18.5 Å². The highest BCUT2D eigenvalue weighted by atomic mass is 32.2. The third-order valence-electron chi connectivity index (χ3n) is 6.10. The van der Waals surface area contributed by atoms with Crippen molar-refractivity contribution < 1.29 is 26.8 Å². The molecule has 1 aliphatic rings. The van der Waals surface area contributed by atoms with Crippen LogP contribution in [0.3, 0.4) is 0 Å². The lowest BCUT2D eigenvalue weighted by molar-refractivity contribution is -0.129. The van der Waals surface area contributed by atoms with Crippen LogP contribution in [0, 0.1) is 0 Å². The molecule has 2 aromatic rings. The van der Waals surface area contributed by atoms with E-state index in [1.807, 2.05) is 30.3 Å². The molecule has 1 atom stereocenters. The molecule has 0 aliphatic carbocycles. The van der Waals surface area contributed by atoms with E-state index in [-0.39, 0.29) is 25.3 Å². The van der Waals surface area contributed by atoms with Gasteiger partial charge in [0.15, 0.2) is 9.84 Å². The highest BCUT2D eigenvalue weighted by Crippen LogP contribution is 2.45. The maximum Gasteiger partial charge on any atom is 0.245 e. The van der Waals surface area contributed by atoms with Crippen molar-refractivity contribution in [2.45, 2.75) is 44.3 Å². The SMILES string of the molecule is CCCS(=O)(=O)N1CCC(CC(=O)NO)(c2ccc(-c3ccc(CC)cc3)s2)S(=O)(=O)CC1. The number of nitrogens with one attached hydrogen (secondary N) is 1. The van der Waals surface area contributed by atoms with Gasteiger partial charge in [-0.15, -0.1) is 11.3 Å². The lowest BCUT2D eigenvalue weighted by Crippen LogP contribution is -2.41. The standard InChI is InChI=1S/C22H30N2O6S3/c1-3-14-33(29,30)24-12-11-22(16-21(25)23-26,32(27,28)15-13-24)20-10-9-19(31-20)18-7-5-17(4-2)6-8-18/h5-10,26H,3-4,11-16H2,1-2H3,(H,23,25). The number of rotatable bonds is 8. The lowest BCUT2D eigenvalue weighted by Gasteiger charge is -2.30. The molecular weight excluding hydrogens is 484 g/mol. The topological polar surface area (TPSA) is 121 Å². The van der Waals surface area contributed by atoms with Crippen LogP contribution in [0.1, 0.15) is 43.6 Å². The summed E-state index contributed by atoms with van der Waals surface area (Å²) in [4.78, 5) is 13.6. The van der Waals surface area contributed by atoms with Crippen molar-refractivity contribution in [2.24, 2.45) is 0 Å². The number of sulfonamides is 1. The van der Waals surface area contributed by atoms with Crippen LogP contribution in [0.5, 0.6) is 0 Å². The number of carbonyl (C=O) groups excluding carboxylic acids is 1. The van der Waals surface area contributed by atoms with Gasteiger partial charge >= 0.3 is 0 Å². The van der Waals surface area contributed by atoms with E-state index in [0.29, 0.717) is 11.3 Å². The fourth-order valence-corrected chi connectivity index (χ4v) is 9.40. The van der Waals surface area contributed by atoms with Crippen molar-refractivity contribution in [3.63, 3.8) is 0 Å². The second-order valence-corrected chi connectivity index (χ2v) is 13.8. The first kappa shape index (κ1) is 25.8. The van der Waals surface area contributed by atoms with E-state index in [4.69, 9.17) is 5.21 Å². The van der Waals surface area contributed by atoms with Crippen LogP contribution >= 0.6 is 11.3 Å². The Balaban J connectivity index is 2.05. The Labute approximate surface area is 199 Å². The number of benzene rings is 1. The zero-order valence-electron chi connectivity index (χ0n) is 18.8. The summed E-state index contributed by atoms with van der Waals surface area (Å²) in [5.74, 6) is -1.29. The number of aryl methyl sites for hydroxylation is 1.